The highest BCUT2D eigenvalue weighted by atomic mass is 127. The lowest BCUT2D eigenvalue weighted by Gasteiger charge is -2.09. The third-order valence-electron chi connectivity index (χ3n) is 4.45. The first-order valence-corrected chi connectivity index (χ1v) is 12.8. The van der Waals surface area contributed by atoms with Gasteiger partial charge in [0.25, 0.3) is 11.6 Å². The highest BCUT2D eigenvalue weighted by molar-refractivity contribution is 14.1. The van der Waals surface area contributed by atoms with E-state index in [0.717, 1.165) is 39.6 Å². The van der Waals surface area contributed by atoms with Gasteiger partial charge in [-0.05, 0) is 82.9 Å². The number of rotatable bonds is 6. The van der Waals surface area contributed by atoms with Gasteiger partial charge < -0.3 is 9.50 Å². The highest BCUT2D eigenvalue weighted by Gasteiger charge is 2.25. The third kappa shape index (κ3) is 5.63. The van der Waals surface area contributed by atoms with Gasteiger partial charge in [-0.1, -0.05) is 18.2 Å². The van der Waals surface area contributed by atoms with Crippen molar-refractivity contribution < 1.29 is 22.3 Å². The second-order valence-corrected chi connectivity index (χ2v) is 10.6. The fourth-order valence-electron chi connectivity index (χ4n) is 2.83. The van der Waals surface area contributed by atoms with E-state index in [-0.39, 0.29) is 22.2 Å². The normalized spacial score (nSPS) is 16.0. The molecule has 1 amide bonds. The van der Waals surface area contributed by atoms with Gasteiger partial charge in [0.2, 0.25) is 0 Å². The van der Waals surface area contributed by atoms with Crippen molar-refractivity contribution in [2.75, 3.05) is 0 Å². The second kappa shape index (κ2) is 9.95. The highest BCUT2D eigenvalue weighted by Crippen LogP contribution is 2.32. The monoisotopic (exact) mass is 607 g/mol. The van der Waals surface area contributed by atoms with E-state index in [4.69, 9.17) is 4.18 Å². The number of hydrogen-bond donors (Lipinski definition) is 1. The fraction of sp³-hybridized carbons (Fsp3) is 0. The summed E-state index contributed by atoms with van der Waals surface area (Å²) in [6.45, 7) is 0. The molecule has 9 nitrogen and oxygen atoms in total. The van der Waals surface area contributed by atoms with Crippen molar-refractivity contribution in [3.05, 3.63) is 96.9 Å². The molecule has 0 aromatic heterocycles. The Balaban J connectivity index is 1.58. The molecule has 1 N–H and O–H groups in total. The van der Waals surface area contributed by atoms with Crippen molar-refractivity contribution in [2.45, 2.75) is 4.90 Å². The molecular weight excluding hydrogens is 593 g/mol. The van der Waals surface area contributed by atoms with Crippen molar-refractivity contribution in [2.24, 2.45) is 4.99 Å². The van der Waals surface area contributed by atoms with E-state index in [9.17, 15) is 23.3 Å². The predicted octanol–water partition coefficient (Wildman–Crippen LogP) is 4.86. The number of carbonyl (C=O) groups excluding carboxylic acids is 1. The molecule has 0 atom stereocenters. The summed E-state index contributed by atoms with van der Waals surface area (Å²) in [4.78, 5) is 27.1. The van der Waals surface area contributed by atoms with Crippen LogP contribution in [0.4, 0.5) is 11.4 Å². The number of benzene rings is 3. The summed E-state index contributed by atoms with van der Waals surface area (Å²) in [5.41, 5.74) is 0.805. The van der Waals surface area contributed by atoms with Crippen LogP contribution in [0.5, 0.6) is 5.75 Å². The summed E-state index contributed by atoms with van der Waals surface area (Å²) >= 11 is 3.31. The quantitative estimate of drug-likeness (QED) is 0.139. The third-order valence-corrected chi connectivity index (χ3v) is 7.33. The molecule has 1 aliphatic heterocycles. The summed E-state index contributed by atoms with van der Waals surface area (Å²) in [6, 6.07) is 18.1. The number of non-ortho nitro benzene ring substituents is 1. The molecule has 1 aliphatic rings. The summed E-state index contributed by atoms with van der Waals surface area (Å²) in [6.07, 6.45) is 1.51. The predicted molar refractivity (Wildman–Crippen MR) is 137 cm³/mol. The number of nitro benzene ring substituents is 1. The van der Waals surface area contributed by atoms with E-state index < -0.39 is 15.0 Å². The van der Waals surface area contributed by atoms with E-state index in [1.807, 2.05) is 24.3 Å². The van der Waals surface area contributed by atoms with Crippen LogP contribution in [0.25, 0.3) is 6.08 Å². The number of para-hydroxylation sites is 1. The molecule has 12 heteroatoms. The number of amides is 1. The zero-order chi connectivity index (χ0) is 24.3. The van der Waals surface area contributed by atoms with Crippen LogP contribution in [0.15, 0.2) is 87.6 Å². The Labute approximate surface area is 212 Å². The van der Waals surface area contributed by atoms with E-state index in [1.165, 1.54) is 12.1 Å². The van der Waals surface area contributed by atoms with Crippen molar-refractivity contribution in [1.29, 1.82) is 0 Å². The van der Waals surface area contributed by atoms with E-state index in [2.05, 4.69) is 32.9 Å². The molecule has 3 aromatic carbocycles. The Morgan fingerprint density at radius 3 is 2.38 bits per heavy atom. The lowest BCUT2D eigenvalue weighted by atomic mass is 10.2. The Morgan fingerprint density at radius 2 is 1.71 bits per heavy atom. The maximum atomic E-state index is 12.7. The van der Waals surface area contributed by atoms with Gasteiger partial charge in [0.05, 0.1) is 15.5 Å². The minimum atomic E-state index is -4.26. The van der Waals surface area contributed by atoms with Gasteiger partial charge in [0, 0.05) is 21.3 Å². The summed E-state index contributed by atoms with van der Waals surface area (Å²) in [5, 5.41) is 13.9. The molecule has 0 radical (unpaired) electrons. The van der Waals surface area contributed by atoms with E-state index >= 15 is 0 Å². The summed E-state index contributed by atoms with van der Waals surface area (Å²) in [5.74, 6) is -0.368. The van der Waals surface area contributed by atoms with Gasteiger partial charge in [0.1, 0.15) is 10.6 Å². The molecule has 172 valence electrons. The molecule has 0 saturated carbocycles. The second-order valence-electron chi connectivity index (χ2n) is 6.78. The minimum absolute atomic E-state index is 0.00442. The molecule has 4 rings (SSSR count). The first kappa shape index (κ1) is 23.9. The average Bonchev–Trinajstić information content (AvgIpc) is 3.15. The van der Waals surface area contributed by atoms with E-state index in [0.29, 0.717) is 21.3 Å². The summed E-state index contributed by atoms with van der Waals surface area (Å²) < 4.78 is 31.7. The maximum absolute atomic E-state index is 12.7. The molecule has 1 saturated heterocycles. The number of carbonyl (C=O) groups is 1. The Kier molecular flexibility index (Phi) is 7.00. The number of nitrogens with zero attached hydrogens (tertiary/aromatic N) is 2. The first-order valence-electron chi connectivity index (χ1n) is 9.54. The molecule has 0 unspecified atom stereocenters. The number of nitro groups is 1. The zero-order valence-electron chi connectivity index (χ0n) is 17.0. The van der Waals surface area contributed by atoms with Crippen LogP contribution in [0.1, 0.15) is 5.56 Å². The molecule has 0 aliphatic carbocycles. The van der Waals surface area contributed by atoms with Crippen molar-refractivity contribution in [1.82, 2.24) is 5.32 Å². The van der Waals surface area contributed by atoms with Crippen LogP contribution >= 0.6 is 34.4 Å². The van der Waals surface area contributed by atoms with Crippen LogP contribution < -0.4 is 9.50 Å². The molecule has 1 fully saturated rings. The van der Waals surface area contributed by atoms with Crippen LogP contribution in [0.2, 0.25) is 0 Å². The Morgan fingerprint density at radius 1 is 1.03 bits per heavy atom. The standard InChI is InChI=1S/C22H14IN3O6S2/c23-15-5-7-16(8-6-15)24-22-25-21(27)20(33-22)13-14-3-1-2-4-19(14)32-34(30,31)18-11-9-17(10-12-18)26(28)29/h1-13H,(H,24,25,27)/b20-13+. The van der Waals surface area contributed by atoms with Gasteiger partial charge in [0.15, 0.2) is 5.17 Å². The molecule has 0 spiro atoms. The number of amidine groups is 1. The van der Waals surface area contributed by atoms with Crippen molar-refractivity contribution in [3.8, 4) is 5.75 Å². The number of hydrogen-bond acceptors (Lipinski definition) is 8. The Hall–Kier alpha value is -3.23. The van der Waals surface area contributed by atoms with Crippen molar-refractivity contribution in [3.63, 3.8) is 0 Å². The SMILES string of the molecule is O=C1NC(=Nc2ccc(I)cc2)S/C1=C/c1ccccc1OS(=O)(=O)c1ccc([N+](=O)[O-])cc1. The van der Waals surface area contributed by atoms with Gasteiger partial charge >= 0.3 is 10.1 Å². The topological polar surface area (TPSA) is 128 Å². The van der Waals surface area contributed by atoms with Crippen LogP contribution in [0, 0.1) is 13.7 Å². The molecule has 0 bridgehead atoms. The number of thioether (sulfide) groups is 1. The van der Waals surface area contributed by atoms with E-state index in [1.54, 1.807) is 18.2 Å². The van der Waals surface area contributed by atoms with Gasteiger partial charge in [-0.2, -0.15) is 8.42 Å². The first-order chi connectivity index (χ1) is 16.2. The lowest BCUT2D eigenvalue weighted by molar-refractivity contribution is -0.384. The number of halogens is 1. The van der Waals surface area contributed by atoms with Gasteiger partial charge in [-0.3, -0.25) is 14.9 Å². The molecule has 3 aromatic rings. The lowest BCUT2D eigenvalue weighted by Crippen LogP contribution is -2.19. The number of nitrogens with one attached hydrogen (secondary N) is 1. The number of aliphatic imine (C=N–C) groups is 1. The fourth-order valence-corrected chi connectivity index (χ4v) is 4.98. The Bertz CT molecular complexity index is 1440. The largest absolute Gasteiger partial charge is 0.378 e. The van der Waals surface area contributed by atoms with Gasteiger partial charge in [-0.25, -0.2) is 4.99 Å². The minimum Gasteiger partial charge on any atom is -0.378 e. The van der Waals surface area contributed by atoms with Crippen LogP contribution in [-0.4, -0.2) is 24.4 Å². The molecular formula is C22H14IN3O6S2. The van der Waals surface area contributed by atoms with Crippen molar-refractivity contribution >= 4 is 73.0 Å². The van der Waals surface area contributed by atoms with Crippen LogP contribution in [0.3, 0.4) is 0 Å². The average molecular weight is 607 g/mol. The smallest absolute Gasteiger partial charge is 0.339 e. The zero-order valence-corrected chi connectivity index (χ0v) is 20.8. The molecule has 34 heavy (non-hydrogen) atoms. The van der Waals surface area contributed by atoms with Gasteiger partial charge in [-0.15, -0.1) is 0 Å². The maximum Gasteiger partial charge on any atom is 0.339 e. The molecule has 1 heterocycles. The summed E-state index contributed by atoms with van der Waals surface area (Å²) in [7, 11) is -4.26. The van der Waals surface area contributed by atoms with Crippen LogP contribution in [-0.2, 0) is 14.9 Å².